The van der Waals surface area contributed by atoms with Crippen LogP contribution in [-0.2, 0) is 9.53 Å². The van der Waals surface area contributed by atoms with Crippen LogP contribution < -0.4 is 5.73 Å². The van der Waals surface area contributed by atoms with Crippen molar-refractivity contribution in [3.63, 3.8) is 0 Å². The van der Waals surface area contributed by atoms with Crippen molar-refractivity contribution in [2.75, 3.05) is 6.54 Å². The lowest BCUT2D eigenvalue weighted by atomic mass is 9.60. The maximum absolute atomic E-state index is 11.1. The molecule has 15 heavy (non-hydrogen) atoms. The van der Waals surface area contributed by atoms with E-state index in [0.717, 1.165) is 19.3 Å². The monoisotopic (exact) mass is 209 g/mol. The summed E-state index contributed by atoms with van der Waals surface area (Å²) in [6, 6.07) is 0. The second-order valence-electron chi connectivity index (χ2n) is 4.65. The van der Waals surface area contributed by atoms with Gasteiger partial charge in [-0.25, -0.2) is 0 Å². The number of allylic oxidation sites excluding steroid dienone is 2. The second kappa shape index (κ2) is 3.63. The summed E-state index contributed by atoms with van der Waals surface area (Å²) in [4.78, 5) is 11.1. The summed E-state index contributed by atoms with van der Waals surface area (Å²) >= 11 is 0. The van der Waals surface area contributed by atoms with Crippen LogP contribution in [0.4, 0.5) is 0 Å². The average Bonchev–Trinajstić information content (AvgIpc) is 2.52. The van der Waals surface area contributed by atoms with Gasteiger partial charge in [-0.3, -0.25) is 4.79 Å². The Labute approximate surface area is 90.7 Å². The van der Waals surface area contributed by atoms with Crippen LogP contribution in [0.15, 0.2) is 11.6 Å². The van der Waals surface area contributed by atoms with Gasteiger partial charge in [-0.1, -0.05) is 18.6 Å². The Kier molecular flexibility index (Phi) is 2.59. The predicted molar refractivity (Wildman–Crippen MR) is 58.1 cm³/mol. The van der Waals surface area contributed by atoms with Gasteiger partial charge in [0.2, 0.25) is 0 Å². The van der Waals surface area contributed by atoms with Crippen LogP contribution in [0.2, 0.25) is 0 Å². The summed E-state index contributed by atoms with van der Waals surface area (Å²) in [5.41, 5.74) is 6.93. The molecule has 3 heteroatoms. The molecular formula is C12H19NO2. The fourth-order valence-corrected chi connectivity index (χ4v) is 3.16. The normalized spacial score (nSPS) is 37.9. The average molecular weight is 209 g/mol. The first-order valence-electron chi connectivity index (χ1n) is 5.71. The van der Waals surface area contributed by atoms with Crippen LogP contribution in [0.5, 0.6) is 0 Å². The molecule has 1 fully saturated rings. The minimum atomic E-state index is -0.357. The molecule has 3 atom stereocenters. The maximum Gasteiger partial charge on any atom is 0.303 e. The molecule has 0 aromatic heterocycles. The maximum atomic E-state index is 11.1. The number of hydrogen-bond donors (Lipinski definition) is 1. The first kappa shape index (κ1) is 10.7. The van der Waals surface area contributed by atoms with E-state index in [-0.39, 0.29) is 11.6 Å². The molecule has 0 unspecified atom stereocenters. The van der Waals surface area contributed by atoms with Gasteiger partial charge in [0.05, 0.1) is 0 Å². The van der Waals surface area contributed by atoms with E-state index < -0.39 is 0 Å². The van der Waals surface area contributed by atoms with Gasteiger partial charge in [0.1, 0.15) is 5.60 Å². The van der Waals surface area contributed by atoms with Crippen LogP contribution in [0.3, 0.4) is 0 Å². The quantitative estimate of drug-likeness (QED) is 0.567. The van der Waals surface area contributed by atoms with E-state index >= 15 is 0 Å². The lowest BCUT2D eigenvalue weighted by molar-refractivity contribution is -0.184. The molecule has 2 aliphatic carbocycles. The summed E-state index contributed by atoms with van der Waals surface area (Å²) in [5.74, 6) is 0.864. The lowest BCUT2D eigenvalue weighted by Gasteiger charge is -2.51. The molecule has 0 heterocycles. The van der Waals surface area contributed by atoms with E-state index in [9.17, 15) is 4.79 Å². The van der Waals surface area contributed by atoms with Crippen LogP contribution in [0, 0.1) is 11.8 Å². The molecule has 2 N–H and O–H groups in total. The van der Waals surface area contributed by atoms with Crippen molar-refractivity contribution in [3.05, 3.63) is 11.6 Å². The Hall–Kier alpha value is -0.830. The Morgan fingerprint density at radius 1 is 1.73 bits per heavy atom. The first-order chi connectivity index (χ1) is 7.13. The van der Waals surface area contributed by atoms with Crippen molar-refractivity contribution in [1.82, 2.24) is 0 Å². The molecule has 0 amide bonds. The largest absolute Gasteiger partial charge is 0.458 e. The summed E-state index contributed by atoms with van der Waals surface area (Å²) in [6.45, 7) is 4.11. The van der Waals surface area contributed by atoms with Crippen molar-refractivity contribution < 1.29 is 9.53 Å². The lowest BCUT2D eigenvalue weighted by Crippen LogP contribution is -2.59. The van der Waals surface area contributed by atoms with Gasteiger partial charge in [0.15, 0.2) is 0 Å². The van der Waals surface area contributed by atoms with Crippen molar-refractivity contribution in [1.29, 1.82) is 0 Å². The molecule has 0 radical (unpaired) electrons. The van der Waals surface area contributed by atoms with Gasteiger partial charge in [-0.05, 0) is 25.2 Å². The molecule has 2 rings (SSSR count). The smallest absolute Gasteiger partial charge is 0.303 e. The van der Waals surface area contributed by atoms with Gasteiger partial charge in [0.25, 0.3) is 0 Å². The van der Waals surface area contributed by atoms with E-state index in [2.05, 4.69) is 13.0 Å². The zero-order valence-corrected chi connectivity index (χ0v) is 9.45. The zero-order valence-electron chi connectivity index (χ0n) is 9.45. The molecule has 0 spiro atoms. The highest BCUT2D eigenvalue weighted by atomic mass is 16.6. The Morgan fingerprint density at radius 3 is 3.00 bits per heavy atom. The van der Waals surface area contributed by atoms with Crippen molar-refractivity contribution in [3.8, 4) is 0 Å². The highest BCUT2D eigenvalue weighted by Crippen LogP contribution is 2.55. The summed E-state index contributed by atoms with van der Waals surface area (Å²) in [7, 11) is 0. The third kappa shape index (κ3) is 1.49. The topological polar surface area (TPSA) is 52.3 Å². The predicted octanol–water partition coefficient (Wildman–Crippen LogP) is 1.62. The molecule has 0 aromatic carbocycles. The Balaban J connectivity index is 2.07. The standard InChI is InChI=1S/C12H19NO2/c1-3-9-4-5-11-10(9)6-12(11,7-13)15-8(2)14/h4,10-11H,3,5-7,13H2,1-2H3/t10-,11+,12+/m0/s1. The van der Waals surface area contributed by atoms with E-state index in [1.165, 1.54) is 12.5 Å². The van der Waals surface area contributed by atoms with E-state index in [1.54, 1.807) is 0 Å². The number of hydrogen-bond acceptors (Lipinski definition) is 3. The Morgan fingerprint density at radius 2 is 2.47 bits per heavy atom. The number of esters is 1. The third-order valence-corrected chi connectivity index (χ3v) is 3.94. The number of fused-ring (bicyclic) bond motifs is 1. The fraction of sp³-hybridized carbons (Fsp3) is 0.750. The fourth-order valence-electron chi connectivity index (χ4n) is 3.16. The summed E-state index contributed by atoms with van der Waals surface area (Å²) in [6.07, 6.45) is 5.36. The number of ether oxygens (including phenoxy) is 1. The van der Waals surface area contributed by atoms with Gasteiger partial charge in [-0.2, -0.15) is 0 Å². The Bertz CT molecular complexity index is 311. The molecule has 84 valence electrons. The van der Waals surface area contributed by atoms with Crippen LogP contribution >= 0.6 is 0 Å². The molecule has 0 aliphatic heterocycles. The van der Waals surface area contributed by atoms with Gasteiger partial charge in [0, 0.05) is 19.4 Å². The van der Waals surface area contributed by atoms with Crippen molar-refractivity contribution in [2.45, 2.75) is 38.7 Å². The number of carbonyl (C=O) groups excluding carboxylic acids is 1. The van der Waals surface area contributed by atoms with Crippen molar-refractivity contribution in [2.24, 2.45) is 17.6 Å². The highest BCUT2D eigenvalue weighted by Gasteiger charge is 2.57. The van der Waals surface area contributed by atoms with Gasteiger partial charge >= 0.3 is 5.97 Å². The van der Waals surface area contributed by atoms with Crippen LogP contribution in [-0.4, -0.2) is 18.1 Å². The first-order valence-corrected chi connectivity index (χ1v) is 5.71. The number of rotatable bonds is 3. The van der Waals surface area contributed by atoms with E-state index in [4.69, 9.17) is 10.5 Å². The molecule has 2 aliphatic rings. The van der Waals surface area contributed by atoms with Crippen molar-refractivity contribution >= 4 is 5.97 Å². The summed E-state index contributed by atoms with van der Waals surface area (Å²) in [5, 5.41) is 0. The van der Waals surface area contributed by atoms with E-state index in [1.807, 2.05) is 0 Å². The zero-order chi connectivity index (χ0) is 11.1. The molecule has 1 saturated carbocycles. The number of carbonyl (C=O) groups is 1. The van der Waals surface area contributed by atoms with Crippen LogP contribution in [0.25, 0.3) is 0 Å². The van der Waals surface area contributed by atoms with E-state index in [0.29, 0.717) is 18.4 Å². The molecule has 0 bridgehead atoms. The molecule has 0 aromatic rings. The molecule has 0 saturated heterocycles. The van der Waals surface area contributed by atoms with Gasteiger partial charge in [-0.15, -0.1) is 0 Å². The summed E-state index contributed by atoms with van der Waals surface area (Å²) < 4.78 is 5.43. The molecule has 3 nitrogen and oxygen atoms in total. The minimum absolute atomic E-state index is 0.205. The van der Waals surface area contributed by atoms with Gasteiger partial charge < -0.3 is 10.5 Å². The van der Waals surface area contributed by atoms with Crippen LogP contribution in [0.1, 0.15) is 33.1 Å². The number of nitrogens with two attached hydrogens (primary N) is 1. The molecular weight excluding hydrogens is 190 g/mol. The highest BCUT2D eigenvalue weighted by molar-refractivity contribution is 5.67. The third-order valence-electron chi connectivity index (χ3n) is 3.94. The minimum Gasteiger partial charge on any atom is -0.458 e. The second-order valence-corrected chi connectivity index (χ2v) is 4.65. The SMILES string of the molecule is CCC1=CC[C@@H]2[C@H]1C[C@]2(CN)OC(C)=O.